The van der Waals surface area contributed by atoms with Gasteiger partial charge in [-0.3, -0.25) is 9.78 Å². The Hall–Kier alpha value is -2.31. The fourth-order valence-corrected chi connectivity index (χ4v) is 3.35. The molecule has 138 valence electrons. The Morgan fingerprint density at radius 3 is 2.88 bits per heavy atom. The second kappa shape index (κ2) is 8.38. The molecule has 3 heterocycles. The first-order valence-electron chi connectivity index (χ1n) is 8.60. The normalized spacial score (nSPS) is 18.8. The van der Waals surface area contributed by atoms with Gasteiger partial charge in [-0.15, -0.1) is 12.4 Å². The van der Waals surface area contributed by atoms with Crippen molar-refractivity contribution < 1.29 is 14.3 Å². The Bertz CT molecular complexity index is 757. The number of halogens is 1. The van der Waals surface area contributed by atoms with Crippen LogP contribution in [0.2, 0.25) is 0 Å². The van der Waals surface area contributed by atoms with E-state index < -0.39 is 0 Å². The summed E-state index contributed by atoms with van der Waals surface area (Å²) in [6.45, 7) is 3.37. The molecule has 1 aromatic carbocycles. The number of hydrogen-bond donors (Lipinski definition) is 1. The van der Waals surface area contributed by atoms with Crippen molar-refractivity contribution in [2.45, 2.75) is 12.5 Å². The molecule has 1 amide bonds. The molecule has 1 unspecified atom stereocenters. The lowest BCUT2D eigenvalue weighted by Crippen LogP contribution is -2.49. The highest BCUT2D eigenvalue weighted by Crippen LogP contribution is 2.31. The monoisotopic (exact) mass is 375 g/mol. The van der Waals surface area contributed by atoms with E-state index in [0.717, 1.165) is 35.7 Å². The minimum atomic E-state index is 0. The Balaban J connectivity index is 0.00000196. The number of ether oxygens (including phenoxy) is 2. The van der Waals surface area contributed by atoms with Crippen LogP contribution in [0.4, 0.5) is 0 Å². The van der Waals surface area contributed by atoms with Crippen molar-refractivity contribution in [1.29, 1.82) is 0 Å². The quantitative estimate of drug-likeness (QED) is 0.888. The lowest BCUT2D eigenvalue weighted by molar-refractivity contribution is -0.133. The molecule has 1 saturated heterocycles. The van der Waals surface area contributed by atoms with E-state index in [1.54, 1.807) is 6.20 Å². The highest BCUT2D eigenvalue weighted by atomic mass is 35.5. The topological polar surface area (TPSA) is 63.7 Å². The fraction of sp³-hybridized carbons (Fsp3) is 0.368. The van der Waals surface area contributed by atoms with Crippen LogP contribution in [0, 0.1) is 0 Å². The Kier molecular flexibility index (Phi) is 5.96. The highest BCUT2D eigenvalue weighted by Gasteiger charge is 2.28. The third-order valence-electron chi connectivity index (χ3n) is 4.59. The van der Waals surface area contributed by atoms with Crippen molar-refractivity contribution in [3.05, 3.63) is 53.9 Å². The van der Waals surface area contributed by atoms with Crippen LogP contribution < -0.4 is 14.8 Å². The van der Waals surface area contributed by atoms with E-state index in [1.165, 1.54) is 0 Å². The number of fused-ring (bicyclic) bond motifs is 1. The smallest absolute Gasteiger partial charge is 0.227 e. The molecule has 0 bridgehead atoms. The molecule has 2 aliphatic rings. The maximum Gasteiger partial charge on any atom is 0.227 e. The third kappa shape index (κ3) is 3.92. The lowest BCUT2D eigenvalue weighted by Gasteiger charge is -2.36. The third-order valence-corrected chi connectivity index (χ3v) is 4.59. The lowest BCUT2D eigenvalue weighted by atomic mass is 10.0. The van der Waals surface area contributed by atoms with Crippen molar-refractivity contribution in [3.8, 4) is 11.5 Å². The zero-order valence-corrected chi connectivity index (χ0v) is 15.2. The van der Waals surface area contributed by atoms with Crippen molar-refractivity contribution in [3.63, 3.8) is 0 Å². The van der Waals surface area contributed by atoms with Crippen LogP contribution in [0.1, 0.15) is 17.2 Å². The molecular weight excluding hydrogens is 354 g/mol. The summed E-state index contributed by atoms with van der Waals surface area (Å²) in [6.07, 6.45) is 3.94. The van der Waals surface area contributed by atoms with Gasteiger partial charge < -0.3 is 19.7 Å². The number of benzene rings is 1. The highest BCUT2D eigenvalue weighted by molar-refractivity contribution is 5.85. The molecule has 1 fully saturated rings. The van der Waals surface area contributed by atoms with E-state index in [9.17, 15) is 4.79 Å². The number of piperazine rings is 1. The maximum absolute atomic E-state index is 12.9. The average Bonchev–Trinajstić information content (AvgIpc) is 2.68. The summed E-state index contributed by atoms with van der Waals surface area (Å²) in [6, 6.07) is 9.68. The first-order valence-corrected chi connectivity index (χ1v) is 8.60. The van der Waals surface area contributed by atoms with Gasteiger partial charge in [-0.25, -0.2) is 0 Å². The van der Waals surface area contributed by atoms with Crippen molar-refractivity contribution >= 4 is 18.3 Å². The van der Waals surface area contributed by atoms with Crippen LogP contribution in [0.15, 0.2) is 42.7 Å². The van der Waals surface area contributed by atoms with E-state index in [1.807, 2.05) is 41.4 Å². The van der Waals surface area contributed by atoms with Gasteiger partial charge in [0.15, 0.2) is 11.5 Å². The van der Waals surface area contributed by atoms with Crippen molar-refractivity contribution in [2.75, 3.05) is 32.8 Å². The summed E-state index contributed by atoms with van der Waals surface area (Å²) in [4.78, 5) is 19.1. The number of nitrogens with one attached hydrogen (secondary N) is 1. The zero-order chi connectivity index (χ0) is 17.1. The van der Waals surface area contributed by atoms with E-state index in [-0.39, 0.29) is 24.4 Å². The summed E-state index contributed by atoms with van der Waals surface area (Å²) >= 11 is 0. The van der Waals surface area contributed by atoms with Crippen LogP contribution in [0.3, 0.4) is 0 Å². The molecule has 7 heteroatoms. The van der Waals surface area contributed by atoms with E-state index in [0.29, 0.717) is 26.2 Å². The standard InChI is InChI=1S/C19H21N3O3.ClH/c23-19(11-14-3-4-17-18(10-14)25-9-8-24-17)22-7-6-21-13-16(22)15-2-1-5-20-12-15;/h1-5,10,12,16,21H,6-9,11,13H2;1H. The molecule has 26 heavy (non-hydrogen) atoms. The molecule has 0 radical (unpaired) electrons. The predicted molar refractivity (Wildman–Crippen MR) is 99.9 cm³/mol. The van der Waals surface area contributed by atoms with Gasteiger partial charge in [-0.05, 0) is 29.3 Å². The first kappa shape index (κ1) is 18.5. The number of amides is 1. The van der Waals surface area contributed by atoms with Gasteiger partial charge in [0.05, 0.1) is 12.5 Å². The predicted octanol–water partition coefficient (Wildman–Crippen LogP) is 1.99. The molecule has 0 aliphatic carbocycles. The molecule has 1 atom stereocenters. The van der Waals surface area contributed by atoms with Crippen molar-refractivity contribution in [1.82, 2.24) is 15.2 Å². The molecule has 2 aliphatic heterocycles. The Labute approximate surface area is 158 Å². The first-order chi connectivity index (χ1) is 12.3. The molecular formula is C19H22ClN3O3. The minimum absolute atomic E-state index is 0. The van der Waals surface area contributed by atoms with Crippen LogP contribution in [0.5, 0.6) is 11.5 Å². The molecule has 0 saturated carbocycles. The van der Waals surface area contributed by atoms with Gasteiger partial charge >= 0.3 is 0 Å². The molecule has 1 aromatic heterocycles. The van der Waals surface area contributed by atoms with Gasteiger partial charge in [-0.2, -0.15) is 0 Å². The fourth-order valence-electron chi connectivity index (χ4n) is 3.35. The number of nitrogens with zero attached hydrogens (tertiary/aromatic N) is 2. The van der Waals surface area contributed by atoms with Crippen LogP contribution >= 0.6 is 12.4 Å². The van der Waals surface area contributed by atoms with Crippen molar-refractivity contribution in [2.24, 2.45) is 0 Å². The van der Waals surface area contributed by atoms with Crippen LogP contribution in [-0.4, -0.2) is 48.6 Å². The van der Waals surface area contributed by atoms with Gasteiger partial charge in [0.25, 0.3) is 0 Å². The molecule has 2 aromatic rings. The SMILES string of the molecule is Cl.O=C(Cc1ccc2c(c1)OCCO2)N1CCNCC1c1cccnc1. The van der Waals surface area contributed by atoms with Gasteiger partial charge in [0.1, 0.15) is 13.2 Å². The van der Waals surface area contributed by atoms with Crippen LogP contribution in [0.25, 0.3) is 0 Å². The zero-order valence-electron chi connectivity index (χ0n) is 14.4. The number of rotatable bonds is 3. The van der Waals surface area contributed by atoms with Gasteiger partial charge in [-0.1, -0.05) is 12.1 Å². The number of aromatic nitrogens is 1. The average molecular weight is 376 g/mol. The van der Waals surface area contributed by atoms with Gasteiger partial charge in [0.2, 0.25) is 5.91 Å². The molecule has 4 rings (SSSR count). The Morgan fingerprint density at radius 1 is 1.23 bits per heavy atom. The molecule has 1 N–H and O–H groups in total. The maximum atomic E-state index is 12.9. The van der Waals surface area contributed by atoms with E-state index in [2.05, 4.69) is 10.3 Å². The Morgan fingerprint density at radius 2 is 2.08 bits per heavy atom. The number of carbonyl (C=O) groups excluding carboxylic acids is 1. The minimum Gasteiger partial charge on any atom is -0.486 e. The second-order valence-electron chi connectivity index (χ2n) is 6.25. The summed E-state index contributed by atoms with van der Waals surface area (Å²) in [7, 11) is 0. The number of hydrogen-bond acceptors (Lipinski definition) is 5. The second-order valence-corrected chi connectivity index (χ2v) is 6.25. The molecule has 6 nitrogen and oxygen atoms in total. The largest absolute Gasteiger partial charge is 0.486 e. The summed E-state index contributed by atoms with van der Waals surface area (Å²) in [5, 5.41) is 3.36. The number of carbonyl (C=O) groups is 1. The molecule has 0 spiro atoms. The van der Waals surface area contributed by atoms with Crippen LogP contribution in [-0.2, 0) is 11.2 Å². The van der Waals surface area contributed by atoms with E-state index >= 15 is 0 Å². The number of pyridine rings is 1. The van der Waals surface area contributed by atoms with E-state index in [4.69, 9.17) is 9.47 Å². The summed E-state index contributed by atoms with van der Waals surface area (Å²) < 4.78 is 11.2. The summed E-state index contributed by atoms with van der Waals surface area (Å²) in [5.41, 5.74) is 2.00. The summed E-state index contributed by atoms with van der Waals surface area (Å²) in [5.74, 6) is 1.59. The van der Waals surface area contributed by atoms with Gasteiger partial charge in [0, 0.05) is 32.0 Å².